The van der Waals surface area contributed by atoms with E-state index in [0.29, 0.717) is 97.1 Å². The predicted molar refractivity (Wildman–Crippen MR) is 378 cm³/mol. The number of piperidine rings is 1. The number of hydrogen-bond donors (Lipinski definition) is 8. The lowest BCUT2D eigenvalue weighted by atomic mass is 9.62. The first-order valence-electron chi connectivity index (χ1n) is 33.8. The number of carbonyl (C=O) groups excluding carboxylic acids is 1. The van der Waals surface area contributed by atoms with Crippen LogP contribution in [0.15, 0.2) is 124 Å². The van der Waals surface area contributed by atoms with Gasteiger partial charge in [-0.05, 0) is 196 Å². The Morgan fingerprint density at radius 2 is 1.55 bits per heavy atom. The normalized spacial score (nSPS) is 27.5. The molecule has 0 unspecified atom stereocenters. The number of ether oxygens (including phenoxy) is 1. The van der Waals surface area contributed by atoms with Gasteiger partial charge in [-0.25, -0.2) is 0 Å². The van der Waals surface area contributed by atoms with Crippen LogP contribution in [0.1, 0.15) is 161 Å². The van der Waals surface area contributed by atoms with Crippen LogP contribution in [0, 0.1) is 17.8 Å². The van der Waals surface area contributed by atoms with Crippen molar-refractivity contribution in [2.75, 3.05) is 25.5 Å². The van der Waals surface area contributed by atoms with Crippen molar-refractivity contribution in [2.24, 2.45) is 17.8 Å². The number of aliphatic hydroxyl groups excluding tert-OH is 4. The number of aliphatic hydroxyl groups is 4. The van der Waals surface area contributed by atoms with E-state index in [-0.39, 0.29) is 99.9 Å². The van der Waals surface area contributed by atoms with Gasteiger partial charge in [0.05, 0.1) is 34.4 Å². The van der Waals surface area contributed by atoms with E-state index in [9.17, 15) is 40.5 Å². The Bertz CT molecular complexity index is 4450. The minimum absolute atomic E-state index is 0.0179. The highest BCUT2D eigenvalue weighted by molar-refractivity contribution is 8.77. The maximum absolute atomic E-state index is 16.0. The number of allylic oxidation sites excluding steroid dienone is 2. The average Bonchev–Trinajstić information content (AvgIpc) is 0.721. The zero-order valence-corrected chi connectivity index (χ0v) is 56.1. The van der Waals surface area contributed by atoms with Crippen LogP contribution < -0.4 is 15.5 Å². The highest BCUT2D eigenvalue weighted by Gasteiger charge is 2.54. The van der Waals surface area contributed by atoms with E-state index >= 15 is 4.79 Å². The van der Waals surface area contributed by atoms with Crippen molar-refractivity contribution in [3.05, 3.63) is 198 Å². The summed E-state index contributed by atoms with van der Waals surface area (Å²) < 4.78 is 13.3. The first-order chi connectivity index (χ1) is 45.7. The number of phenols is 2. The Kier molecular flexibility index (Phi) is 16.7. The molecule has 94 heavy (non-hydrogen) atoms. The zero-order chi connectivity index (χ0) is 64.4. The third kappa shape index (κ3) is 10.6. The van der Waals surface area contributed by atoms with Crippen molar-refractivity contribution in [3.63, 3.8) is 0 Å². The molecule has 2 fully saturated rings. The molecule has 22 bridgehead atoms. The first-order valence-corrected chi connectivity index (χ1v) is 38.5. The predicted octanol–water partition coefficient (Wildman–Crippen LogP) is 14.7. The summed E-state index contributed by atoms with van der Waals surface area (Å²) in [6.07, 6.45) is 7.38. The fourth-order valence-corrected chi connectivity index (χ4v) is 24.1. The van der Waals surface area contributed by atoms with E-state index in [4.69, 9.17) is 9.15 Å². The number of hydrogen-bond acceptors (Lipinski definition) is 16. The summed E-state index contributed by atoms with van der Waals surface area (Å²) in [6.45, 7) is 4.90. The number of aromatic hydroxyl groups is 3. The van der Waals surface area contributed by atoms with Crippen LogP contribution in [0.2, 0.25) is 0 Å². The third-order valence-electron chi connectivity index (χ3n) is 22.1. The number of Topliss-reactive ketones (excluding diaryl/α,β-unsaturated/α-hetero) is 1. The third-order valence-corrected chi connectivity index (χ3v) is 28.1. The van der Waals surface area contributed by atoms with E-state index in [1.807, 2.05) is 6.07 Å². The summed E-state index contributed by atoms with van der Waals surface area (Å²) in [5, 5.41) is 92.7. The Morgan fingerprint density at radius 3 is 2.36 bits per heavy atom. The molecule has 0 saturated carbocycles. The molecule has 12 heterocycles. The lowest BCUT2D eigenvalue weighted by molar-refractivity contribution is -0.119. The lowest BCUT2D eigenvalue weighted by Gasteiger charge is -2.49. The molecule has 7 aromatic carbocycles. The summed E-state index contributed by atoms with van der Waals surface area (Å²) in [5.74, 6) is -1.01. The standard InChI is InChI=1S/C78H79NO11S4/c1-39(2)25-49-32-55-58-38-92-93-64-30-43(37-79-70(64)48-10-4-8-42(28-48)29-54(58)71(49)84)26-41-7-3-9-45(27-41)52-19-18-51(72(52)85)44-15-13-40(14-16-44)36-78-59-20-17-47-31-46(11-5-22-80)50(21-23-81)53-33-56-66(68(59)65(47)53)57(77(78)88)34-62(60(82)12-6-24-91-94-78)89-76-67(56)61(83)35-63-69(76)73(86)74(87)75(55)90-63/h3-4,7-10,13-20,27-28,32-33,35,39,43,46,50-52,57,60,62,64,70,77,79-84,87-88H,5-6,11-12,21-26,29-31,34,36-38H2,1-2H3/t43-,46+,50+,51+,52-,57+,60-,62+,64+,70-,77+,78-/m1/s1. The molecule has 0 radical (unpaired) electrons. The first kappa shape index (κ1) is 62.6. The van der Waals surface area contributed by atoms with Crippen LogP contribution in [0.25, 0.3) is 44.2 Å². The SMILES string of the molecule is CC(C)Cc1cc2c3c(c1O)Cc1cccc(c1)[C@H]1NC[C@H](Cc4cccc(c4)[C@H]4C=C[C@H](C4=O)c4ccc(cc4)C[C@@]45SSCCC[C@@H](O)[C@@H]6C[C@@H](c7c(cc8c9c(ccc4c79)C[C@H](CCCO)[C@@H]8CCO)-c4c(O)cc7oc-2c(O)c(=O)c7c4O6)[C@@H]5O)C[C@@H]1SSC3. The van der Waals surface area contributed by atoms with Gasteiger partial charge in [-0.15, -0.1) is 0 Å². The largest absolute Gasteiger partial charge is 0.507 e. The van der Waals surface area contributed by atoms with E-state index in [1.165, 1.54) is 11.6 Å². The topological polar surface area (TPSA) is 210 Å². The van der Waals surface area contributed by atoms with Crippen molar-refractivity contribution in [1.29, 1.82) is 0 Å². The molecular weight excluding hydrogens is 1260 g/mol. The number of benzene rings is 7. The van der Waals surface area contributed by atoms with Crippen LogP contribution in [0.4, 0.5) is 0 Å². The molecule has 1 aromatic heterocycles. The number of rotatable bonds is 7. The van der Waals surface area contributed by atoms with E-state index in [1.54, 1.807) is 43.2 Å². The number of fused-ring (bicyclic) bond motifs is 4. The van der Waals surface area contributed by atoms with Gasteiger partial charge in [-0.1, -0.05) is 154 Å². The second-order valence-corrected chi connectivity index (χ2v) is 33.7. The monoisotopic (exact) mass is 1330 g/mol. The quantitative estimate of drug-likeness (QED) is 0.0551. The maximum Gasteiger partial charge on any atom is 0.238 e. The van der Waals surface area contributed by atoms with Gasteiger partial charge in [0.15, 0.2) is 11.5 Å². The van der Waals surface area contributed by atoms with Gasteiger partial charge < -0.3 is 50.2 Å². The molecule has 8 N–H and O–H groups in total. The molecule has 14 aliphatic rings. The molecule has 1 spiro atoms. The van der Waals surface area contributed by atoms with Gasteiger partial charge in [0.25, 0.3) is 0 Å². The molecule has 0 amide bonds. The van der Waals surface area contributed by atoms with E-state index in [0.717, 1.165) is 80.2 Å². The summed E-state index contributed by atoms with van der Waals surface area (Å²) in [7, 11) is 6.83. The molecule has 486 valence electrons. The van der Waals surface area contributed by atoms with Crippen LogP contribution in [-0.2, 0) is 47.4 Å². The van der Waals surface area contributed by atoms with Gasteiger partial charge in [-0.2, -0.15) is 0 Å². The summed E-state index contributed by atoms with van der Waals surface area (Å²) in [4.78, 5) is 30.8. The highest BCUT2D eigenvalue weighted by Crippen LogP contribution is 2.64. The summed E-state index contributed by atoms with van der Waals surface area (Å²) >= 11 is 0. The highest BCUT2D eigenvalue weighted by atomic mass is 33.1. The Hall–Kier alpha value is -6.18. The summed E-state index contributed by atoms with van der Waals surface area (Å²) in [6, 6.07) is 35.4. The van der Waals surface area contributed by atoms with Crippen molar-refractivity contribution < 1.29 is 49.7 Å². The minimum atomic E-state index is -1.09. The molecule has 3 aliphatic carbocycles. The van der Waals surface area contributed by atoms with Gasteiger partial charge >= 0.3 is 0 Å². The number of phenolic OH excluding ortho intramolecular Hbond substituents is 2. The van der Waals surface area contributed by atoms with Crippen LogP contribution in [-0.4, -0.2) is 90.6 Å². The smallest absolute Gasteiger partial charge is 0.238 e. The van der Waals surface area contributed by atoms with Crippen molar-refractivity contribution in [3.8, 4) is 45.4 Å². The minimum Gasteiger partial charge on any atom is -0.507 e. The van der Waals surface area contributed by atoms with Crippen molar-refractivity contribution >= 4 is 70.7 Å². The van der Waals surface area contributed by atoms with Gasteiger partial charge in [0, 0.05) is 65.5 Å². The van der Waals surface area contributed by atoms with E-state index < -0.39 is 52.0 Å². The second kappa shape index (κ2) is 25.0. The Labute approximate surface area is 563 Å². The van der Waals surface area contributed by atoms with Crippen LogP contribution in [0.3, 0.4) is 0 Å². The maximum atomic E-state index is 16.0. The molecule has 12 atom stereocenters. The number of carbonyl (C=O) groups is 1. The second-order valence-electron chi connectivity index (χ2n) is 28.3. The number of ketones is 1. The molecular formula is C78H79NO11S4. The molecule has 8 aromatic rings. The van der Waals surface area contributed by atoms with Gasteiger partial charge in [0.2, 0.25) is 11.2 Å². The molecule has 2 saturated heterocycles. The molecule has 12 nitrogen and oxygen atoms in total. The molecule has 22 rings (SSSR count). The molecule has 16 heteroatoms. The lowest BCUT2D eigenvalue weighted by Crippen LogP contribution is -2.48. The Balaban J connectivity index is 0.962. The fraction of sp³-hybridized carbons (Fsp3) is 0.410. The summed E-state index contributed by atoms with van der Waals surface area (Å²) in [5.41, 5.74) is 12.4. The van der Waals surface area contributed by atoms with Gasteiger partial charge in [-0.3, -0.25) is 9.59 Å². The number of nitrogens with one attached hydrogen (secondary N) is 1. The van der Waals surface area contributed by atoms with Gasteiger partial charge in [0.1, 0.15) is 34.3 Å². The van der Waals surface area contributed by atoms with Crippen LogP contribution in [0.5, 0.6) is 23.0 Å². The zero-order valence-electron chi connectivity index (χ0n) is 52.8. The van der Waals surface area contributed by atoms with Crippen LogP contribution >= 0.6 is 43.2 Å². The fourth-order valence-electron chi connectivity index (χ4n) is 17.8. The molecule has 11 aliphatic heterocycles. The van der Waals surface area contributed by atoms with Crippen molar-refractivity contribution in [1.82, 2.24) is 5.32 Å². The average molecular weight is 1330 g/mol. The van der Waals surface area contributed by atoms with E-state index in [2.05, 4.69) is 122 Å². The Morgan fingerprint density at radius 1 is 0.755 bits per heavy atom. The van der Waals surface area contributed by atoms with Crippen molar-refractivity contribution in [2.45, 2.75) is 155 Å².